The summed E-state index contributed by atoms with van der Waals surface area (Å²) in [6.07, 6.45) is 0.900. The zero-order valence-electron chi connectivity index (χ0n) is 18.5. The van der Waals surface area contributed by atoms with Crippen LogP contribution in [0.5, 0.6) is 11.5 Å². The van der Waals surface area contributed by atoms with Crippen molar-refractivity contribution in [1.82, 2.24) is 0 Å². The van der Waals surface area contributed by atoms with Crippen LogP contribution in [-0.2, 0) is 21.4 Å². The Morgan fingerprint density at radius 2 is 1.74 bits per heavy atom. The van der Waals surface area contributed by atoms with Crippen molar-refractivity contribution in [2.24, 2.45) is 0 Å². The summed E-state index contributed by atoms with van der Waals surface area (Å²) in [5.74, 6) is 0.0293. The van der Waals surface area contributed by atoms with Crippen LogP contribution in [0.3, 0.4) is 0 Å². The molecular weight excluding hydrogens is 462 g/mol. The van der Waals surface area contributed by atoms with E-state index in [1.807, 2.05) is 30.3 Å². The summed E-state index contributed by atoms with van der Waals surface area (Å²) >= 11 is 0. The minimum Gasteiger partial charge on any atom is -0.495 e. The monoisotopic (exact) mass is 485 g/mol. The molecule has 34 heavy (non-hydrogen) atoms. The molecule has 0 saturated heterocycles. The fourth-order valence-corrected chi connectivity index (χ4v) is 3.93. The summed E-state index contributed by atoms with van der Waals surface area (Å²) in [6.45, 7) is -0.219. The Balaban J connectivity index is 1.71. The zero-order chi connectivity index (χ0) is 24.7. The molecule has 11 heteroatoms. The highest BCUT2D eigenvalue weighted by molar-refractivity contribution is 7.92. The number of nitrogens with zero attached hydrogens (tertiary/aromatic N) is 2. The first-order valence-corrected chi connectivity index (χ1v) is 11.9. The van der Waals surface area contributed by atoms with Gasteiger partial charge in [0.1, 0.15) is 30.3 Å². The van der Waals surface area contributed by atoms with Crippen molar-refractivity contribution in [1.29, 1.82) is 0 Å². The molecule has 0 aromatic heterocycles. The van der Waals surface area contributed by atoms with E-state index < -0.39 is 27.4 Å². The lowest BCUT2D eigenvalue weighted by Crippen LogP contribution is -2.37. The molecule has 0 unspecified atom stereocenters. The maximum Gasteiger partial charge on any atom is 0.271 e. The van der Waals surface area contributed by atoms with E-state index in [2.05, 4.69) is 5.32 Å². The largest absolute Gasteiger partial charge is 0.495 e. The van der Waals surface area contributed by atoms with Gasteiger partial charge in [0, 0.05) is 17.8 Å². The van der Waals surface area contributed by atoms with Gasteiger partial charge in [0.2, 0.25) is 15.9 Å². The van der Waals surface area contributed by atoms with E-state index >= 15 is 0 Å². The van der Waals surface area contributed by atoms with E-state index in [9.17, 15) is 23.3 Å². The molecule has 0 heterocycles. The summed E-state index contributed by atoms with van der Waals surface area (Å²) in [5, 5.41) is 13.8. The lowest BCUT2D eigenvalue weighted by atomic mass is 10.2. The standard InChI is InChI=1S/C23H23N3O7S/c1-32-22-13-10-19(26(28)29)14-21(22)25(34(2,30)31)15-23(27)24-18-8-11-20(12-9-18)33-16-17-6-4-3-5-7-17/h3-14H,15-16H2,1-2H3,(H,24,27). The van der Waals surface area contributed by atoms with Crippen LogP contribution in [0.4, 0.5) is 17.1 Å². The third-order valence-electron chi connectivity index (χ3n) is 4.72. The molecular formula is C23H23N3O7S. The smallest absolute Gasteiger partial charge is 0.271 e. The summed E-state index contributed by atoms with van der Waals surface area (Å²) < 4.78 is 36.4. The van der Waals surface area contributed by atoms with E-state index in [-0.39, 0.29) is 17.1 Å². The van der Waals surface area contributed by atoms with E-state index in [1.165, 1.54) is 19.2 Å². The molecule has 1 amide bonds. The van der Waals surface area contributed by atoms with Gasteiger partial charge in [0.25, 0.3) is 5.69 Å². The number of amides is 1. The number of ether oxygens (including phenoxy) is 2. The number of anilines is 2. The Labute approximate surface area is 196 Å². The van der Waals surface area contributed by atoms with Crippen LogP contribution >= 0.6 is 0 Å². The first-order chi connectivity index (χ1) is 16.2. The molecule has 3 rings (SSSR count). The molecule has 10 nitrogen and oxygen atoms in total. The lowest BCUT2D eigenvalue weighted by Gasteiger charge is -2.23. The van der Waals surface area contributed by atoms with E-state index in [0.29, 0.717) is 18.0 Å². The summed E-state index contributed by atoms with van der Waals surface area (Å²) in [4.78, 5) is 23.1. The Morgan fingerprint density at radius 1 is 1.06 bits per heavy atom. The number of methoxy groups -OCH3 is 1. The van der Waals surface area contributed by atoms with Crippen molar-refractivity contribution < 1.29 is 27.6 Å². The molecule has 0 atom stereocenters. The van der Waals surface area contributed by atoms with Crippen LogP contribution in [0.1, 0.15) is 5.56 Å². The molecule has 0 fully saturated rings. The average Bonchev–Trinajstić information content (AvgIpc) is 2.81. The molecule has 1 N–H and O–H groups in total. The van der Waals surface area contributed by atoms with Crippen LogP contribution in [-0.4, -0.2) is 39.2 Å². The zero-order valence-corrected chi connectivity index (χ0v) is 19.3. The minimum atomic E-state index is -3.97. The Kier molecular flexibility index (Phi) is 7.69. The van der Waals surface area contributed by atoms with Gasteiger partial charge in [-0.15, -0.1) is 0 Å². The number of sulfonamides is 1. The molecule has 178 valence electrons. The summed E-state index contributed by atoms with van der Waals surface area (Å²) in [7, 11) is -2.67. The van der Waals surface area contributed by atoms with E-state index in [4.69, 9.17) is 9.47 Å². The Bertz CT molecular complexity index is 1260. The van der Waals surface area contributed by atoms with Crippen LogP contribution in [0, 0.1) is 10.1 Å². The number of nitro groups is 1. The number of nitrogens with one attached hydrogen (secondary N) is 1. The fraction of sp³-hybridized carbons (Fsp3) is 0.174. The highest BCUT2D eigenvalue weighted by Gasteiger charge is 2.26. The third-order valence-corrected chi connectivity index (χ3v) is 5.84. The van der Waals surface area contributed by atoms with Crippen molar-refractivity contribution in [2.45, 2.75) is 6.61 Å². The van der Waals surface area contributed by atoms with Gasteiger partial charge in [-0.25, -0.2) is 8.42 Å². The van der Waals surface area contributed by atoms with Crippen LogP contribution in [0.25, 0.3) is 0 Å². The number of carbonyl (C=O) groups excluding carboxylic acids is 1. The number of carbonyl (C=O) groups is 1. The van der Waals surface area contributed by atoms with Gasteiger partial charge in [-0.2, -0.15) is 0 Å². The van der Waals surface area contributed by atoms with Crippen molar-refractivity contribution in [3.05, 3.63) is 88.5 Å². The van der Waals surface area contributed by atoms with Crippen molar-refractivity contribution in [3.8, 4) is 11.5 Å². The fourth-order valence-electron chi connectivity index (χ4n) is 3.07. The SMILES string of the molecule is COc1ccc([N+](=O)[O-])cc1N(CC(=O)Nc1ccc(OCc2ccccc2)cc1)S(C)(=O)=O. The maximum absolute atomic E-state index is 12.6. The lowest BCUT2D eigenvalue weighted by molar-refractivity contribution is -0.384. The second-order valence-corrected chi connectivity index (χ2v) is 9.14. The van der Waals surface area contributed by atoms with E-state index in [0.717, 1.165) is 22.2 Å². The average molecular weight is 486 g/mol. The second-order valence-electron chi connectivity index (χ2n) is 7.23. The quantitative estimate of drug-likeness (QED) is 0.343. The molecule has 3 aromatic rings. The highest BCUT2D eigenvalue weighted by atomic mass is 32.2. The van der Waals surface area contributed by atoms with Crippen LogP contribution < -0.4 is 19.1 Å². The molecule has 0 aliphatic rings. The summed E-state index contributed by atoms with van der Waals surface area (Å²) in [6, 6.07) is 19.7. The topological polar surface area (TPSA) is 128 Å². The molecule has 0 radical (unpaired) electrons. The number of non-ortho nitro benzene ring substituents is 1. The number of rotatable bonds is 10. The molecule has 0 aliphatic heterocycles. The highest BCUT2D eigenvalue weighted by Crippen LogP contribution is 2.33. The number of hydrogen-bond acceptors (Lipinski definition) is 7. The second kappa shape index (κ2) is 10.7. The molecule has 0 bridgehead atoms. The van der Waals surface area contributed by atoms with Crippen molar-refractivity contribution >= 4 is 33.0 Å². The molecule has 0 aliphatic carbocycles. The molecule has 3 aromatic carbocycles. The third kappa shape index (κ3) is 6.45. The maximum atomic E-state index is 12.6. The van der Waals surface area contributed by atoms with E-state index in [1.54, 1.807) is 24.3 Å². The van der Waals surface area contributed by atoms with Gasteiger partial charge in [-0.1, -0.05) is 30.3 Å². The van der Waals surface area contributed by atoms with Crippen LogP contribution in [0.2, 0.25) is 0 Å². The predicted octanol–water partition coefficient (Wildman–Crippen LogP) is 3.59. The normalized spacial score (nSPS) is 10.9. The first kappa shape index (κ1) is 24.5. The summed E-state index contributed by atoms with van der Waals surface area (Å²) in [5.41, 5.74) is 0.990. The predicted molar refractivity (Wildman–Crippen MR) is 128 cm³/mol. The number of benzene rings is 3. The van der Waals surface area contributed by atoms with Gasteiger partial charge in [0.05, 0.1) is 18.3 Å². The molecule has 0 saturated carbocycles. The minimum absolute atomic E-state index is 0.0729. The van der Waals surface area contributed by atoms with Crippen molar-refractivity contribution in [2.75, 3.05) is 29.5 Å². The van der Waals surface area contributed by atoms with Gasteiger partial charge < -0.3 is 14.8 Å². The van der Waals surface area contributed by atoms with Gasteiger partial charge in [-0.3, -0.25) is 19.2 Å². The number of hydrogen-bond donors (Lipinski definition) is 1. The Morgan fingerprint density at radius 3 is 2.32 bits per heavy atom. The van der Waals surface area contributed by atoms with Gasteiger partial charge >= 0.3 is 0 Å². The Hall–Kier alpha value is -4.12. The molecule has 0 spiro atoms. The first-order valence-electron chi connectivity index (χ1n) is 10.0. The number of nitro benzene ring substituents is 1. The van der Waals surface area contributed by atoms with Gasteiger partial charge in [-0.05, 0) is 35.9 Å². The van der Waals surface area contributed by atoms with Gasteiger partial charge in [0.15, 0.2) is 0 Å². The van der Waals surface area contributed by atoms with Crippen molar-refractivity contribution in [3.63, 3.8) is 0 Å². The van der Waals surface area contributed by atoms with Crippen LogP contribution in [0.15, 0.2) is 72.8 Å².